The predicted octanol–water partition coefficient (Wildman–Crippen LogP) is 11.3. The lowest BCUT2D eigenvalue weighted by atomic mass is 9.91. The SMILES string of the molecule is CC(C)(C)C1=CC(=C2N=C(c3cc(C(C)(C)C)[s+]c(C(C)(C)C)c3)C(Br)=C2Br)C=C(C(C)(C)C)S1. The second-order valence-corrected chi connectivity index (χ2v) is 17.3. The Labute approximate surface area is 238 Å². The van der Waals surface area contributed by atoms with E-state index < -0.39 is 0 Å². The minimum Gasteiger partial charge on any atom is -0.245 e. The Kier molecular flexibility index (Phi) is 8.03. The van der Waals surface area contributed by atoms with Gasteiger partial charge >= 0.3 is 0 Å². The molecule has 1 nitrogen and oxygen atoms in total. The van der Waals surface area contributed by atoms with Crippen LogP contribution < -0.4 is 0 Å². The molecule has 1 aromatic rings. The molecule has 5 heteroatoms. The Morgan fingerprint density at radius 2 is 1.09 bits per heavy atom. The summed E-state index contributed by atoms with van der Waals surface area (Å²) >= 11 is 11.6. The summed E-state index contributed by atoms with van der Waals surface area (Å²) in [4.78, 5) is 10.8. The highest BCUT2D eigenvalue weighted by atomic mass is 79.9. The Bertz CT molecular complexity index is 1130. The Hall–Kier alpha value is -0.490. The van der Waals surface area contributed by atoms with Crippen LogP contribution in [-0.4, -0.2) is 5.71 Å². The molecule has 0 N–H and O–H groups in total. The molecule has 0 aromatic carbocycles. The number of nitrogens with zero attached hydrogens (tertiary/aromatic N) is 1. The summed E-state index contributed by atoms with van der Waals surface area (Å²) in [5, 5.41) is 0. The lowest BCUT2D eigenvalue weighted by molar-refractivity contribution is 0.521. The molecular weight excluding hydrogens is 598 g/mol. The minimum absolute atomic E-state index is 0.0733. The molecule has 0 spiro atoms. The second-order valence-electron chi connectivity index (χ2n) is 13.6. The van der Waals surface area contributed by atoms with Crippen molar-refractivity contribution in [2.75, 3.05) is 0 Å². The molecule has 0 atom stereocenters. The zero-order chi connectivity index (χ0) is 26.7. The van der Waals surface area contributed by atoms with E-state index in [0.29, 0.717) is 0 Å². The van der Waals surface area contributed by atoms with Gasteiger partial charge in [-0.25, -0.2) is 4.99 Å². The largest absolute Gasteiger partial charge is 0.245 e. The van der Waals surface area contributed by atoms with Crippen molar-refractivity contribution < 1.29 is 0 Å². The van der Waals surface area contributed by atoms with Gasteiger partial charge in [0.05, 0.1) is 20.4 Å². The van der Waals surface area contributed by atoms with Gasteiger partial charge in [0.2, 0.25) is 21.1 Å². The van der Waals surface area contributed by atoms with Crippen LogP contribution in [0.25, 0.3) is 0 Å². The van der Waals surface area contributed by atoms with Crippen molar-refractivity contribution in [2.45, 2.75) is 93.9 Å². The van der Waals surface area contributed by atoms with Crippen LogP contribution in [-0.2, 0) is 10.8 Å². The average Bonchev–Trinajstić information content (AvgIpc) is 2.99. The maximum atomic E-state index is 5.26. The highest BCUT2D eigenvalue weighted by Gasteiger charge is 2.35. The summed E-state index contributed by atoms with van der Waals surface area (Å²) in [5.41, 5.74) is 4.63. The smallest absolute Gasteiger partial charge is 0.219 e. The molecular formula is C30H40Br2NS2+. The lowest BCUT2D eigenvalue weighted by Crippen LogP contribution is -2.16. The topological polar surface area (TPSA) is 12.4 Å². The molecule has 190 valence electrons. The standard InChI is InChI=1S/C30H40Br2NS2/c1-27(2,3)19-13-17(14-20(34-19)28(4,5)6)25-23(31)24(32)26(33-25)18-15-21(29(7,8)9)35-22(16-18)30(10,11)12/h13-16H,1-12H3/q+1. The first-order valence-electron chi connectivity index (χ1n) is 12.2. The number of hydrogen-bond donors (Lipinski definition) is 0. The quantitative estimate of drug-likeness (QED) is 0.279. The molecule has 0 saturated carbocycles. The van der Waals surface area contributed by atoms with Gasteiger partial charge in [-0.1, -0.05) is 94.8 Å². The van der Waals surface area contributed by atoms with Crippen molar-refractivity contribution in [3.8, 4) is 0 Å². The van der Waals surface area contributed by atoms with Crippen molar-refractivity contribution in [1.29, 1.82) is 0 Å². The molecule has 1 aromatic heterocycles. The van der Waals surface area contributed by atoms with Crippen LogP contribution in [0.3, 0.4) is 0 Å². The second kappa shape index (κ2) is 9.67. The van der Waals surface area contributed by atoms with Crippen molar-refractivity contribution in [1.82, 2.24) is 0 Å². The van der Waals surface area contributed by atoms with Gasteiger partial charge in [0.25, 0.3) is 0 Å². The van der Waals surface area contributed by atoms with Crippen molar-refractivity contribution >= 4 is 60.7 Å². The van der Waals surface area contributed by atoms with Gasteiger partial charge < -0.3 is 0 Å². The third-order valence-electron chi connectivity index (χ3n) is 5.92. The van der Waals surface area contributed by atoms with E-state index in [-0.39, 0.29) is 21.7 Å². The molecule has 2 aliphatic heterocycles. The summed E-state index contributed by atoms with van der Waals surface area (Å²) < 4.78 is 2.04. The molecule has 35 heavy (non-hydrogen) atoms. The monoisotopic (exact) mass is 636 g/mol. The van der Waals surface area contributed by atoms with Gasteiger partial charge in [-0.05, 0) is 64.7 Å². The van der Waals surface area contributed by atoms with Crippen LogP contribution in [0, 0.1) is 10.8 Å². The Morgan fingerprint density at radius 3 is 1.46 bits per heavy atom. The van der Waals surface area contributed by atoms with E-state index in [1.807, 2.05) is 23.1 Å². The van der Waals surface area contributed by atoms with E-state index in [2.05, 4.69) is 139 Å². The number of halogens is 2. The van der Waals surface area contributed by atoms with E-state index in [1.54, 1.807) is 0 Å². The number of aliphatic imine (C=N–C) groups is 1. The van der Waals surface area contributed by atoms with Crippen LogP contribution in [0.2, 0.25) is 0 Å². The number of allylic oxidation sites excluding steroid dienone is 7. The average molecular weight is 639 g/mol. The first-order chi connectivity index (χ1) is 15.7. The fourth-order valence-corrected chi connectivity index (χ4v) is 7.01. The molecule has 3 rings (SSSR count). The van der Waals surface area contributed by atoms with Crippen LogP contribution in [0.1, 0.15) is 98.4 Å². The van der Waals surface area contributed by atoms with Gasteiger partial charge in [-0.3, -0.25) is 0 Å². The van der Waals surface area contributed by atoms with E-state index >= 15 is 0 Å². The van der Waals surface area contributed by atoms with Gasteiger partial charge in [0.15, 0.2) is 0 Å². The van der Waals surface area contributed by atoms with Crippen molar-refractivity contribution in [3.63, 3.8) is 0 Å². The lowest BCUT2D eigenvalue weighted by Gasteiger charge is -2.32. The Morgan fingerprint density at radius 1 is 0.657 bits per heavy atom. The highest BCUT2D eigenvalue weighted by Crippen LogP contribution is 2.50. The van der Waals surface area contributed by atoms with Gasteiger partial charge in [0, 0.05) is 34.1 Å². The van der Waals surface area contributed by atoms with Crippen molar-refractivity contribution in [2.24, 2.45) is 15.8 Å². The summed E-state index contributed by atoms with van der Waals surface area (Å²) in [6, 6.07) is 4.66. The van der Waals surface area contributed by atoms with Crippen LogP contribution in [0.15, 0.2) is 59.3 Å². The highest BCUT2D eigenvalue weighted by molar-refractivity contribution is 9.14. The van der Waals surface area contributed by atoms with Crippen LogP contribution in [0.4, 0.5) is 0 Å². The fraction of sp³-hybridized carbons (Fsp3) is 0.533. The molecule has 0 unspecified atom stereocenters. The first-order valence-corrected chi connectivity index (χ1v) is 15.4. The molecule has 2 aliphatic rings. The summed E-state index contributed by atoms with van der Waals surface area (Å²) in [6.07, 6.45) is 4.66. The molecule has 0 fully saturated rings. The number of thioether (sulfide) groups is 1. The molecule has 0 bridgehead atoms. The van der Waals surface area contributed by atoms with Gasteiger partial charge in [-0.15, -0.1) is 0 Å². The predicted molar refractivity (Wildman–Crippen MR) is 167 cm³/mol. The third-order valence-corrected chi connectivity index (χ3v) is 11.8. The normalized spacial score (nSPS) is 18.2. The number of rotatable bonds is 1. The zero-order valence-electron chi connectivity index (χ0n) is 23.3. The van der Waals surface area contributed by atoms with Gasteiger partial charge in [0.1, 0.15) is 0 Å². The fourth-order valence-electron chi connectivity index (χ4n) is 3.56. The summed E-state index contributed by atoms with van der Waals surface area (Å²) in [5.74, 6) is 0. The maximum Gasteiger partial charge on any atom is 0.219 e. The summed E-state index contributed by atoms with van der Waals surface area (Å²) in [6.45, 7) is 27.5. The third kappa shape index (κ3) is 6.51. The molecule has 3 heterocycles. The Balaban J connectivity index is 2.28. The molecule has 0 amide bonds. The molecule has 0 radical (unpaired) electrons. The van der Waals surface area contributed by atoms with Crippen LogP contribution in [0.5, 0.6) is 0 Å². The molecule has 0 aliphatic carbocycles. The van der Waals surface area contributed by atoms with E-state index in [1.165, 1.54) is 30.7 Å². The van der Waals surface area contributed by atoms with E-state index in [0.717, 1.165) is 20.4 Å². The maximum absolute atomic E-state index is 5.26. The van der Waals surface area contributed by atoms with Gasteiger partial charge in [-0.2, -0.15) is 0 Å². The summed E-state index contributed by atoms with van der Waals surface area (Å²) in [7, 11) is 0. The molecule has 0 saturated heterocycles. The van der Waals surface area contributed by atoms with Crippen molar-refractivity contribution in [3.05, 3.63) is 69.6 Å². The first kappa shape index (κ1) is 29.1. The zero-order valence-corrected chi connectivity index (χ0v) is 28.1. The number of hydrogen-bond acceptors (Lipinski definition) is 2. The van der Waals surface area contributed by atoms with E-state index in [4.69, 9.17) is 4.99 Å². The van der Waals surface area contributed by atoms with E-state index in [9.17, 15) is 0 Å². The van der Waals surface area contributed by atoms with Crippen LogP contribution >= 0.6 is 55.0 Å². The minimum atomic E-state index is 0.0733.